The van der Waals surface area contributed by atoms with Crippen molar-refractivity contribution in [3.63, 3.8) is 0 Å². The van der Waals surface area contributed by atoms with Crippen LogP contribution in [0.3, 0.4) is 0 Å². The number of hydrogen-bond donors (Lipinski definition) is 1. The first-order valence-electron chi connectivity index (χ1n) is 9.04. The van der Waals surface area contributed by atoms with Crippen LogP contribution < -0.4 is 5.32 Å². The maximum Gasteiger partial charge on any atom is 0.418 e. The minimum absolute atomic E-state index is 0.0500. The van der Waals surface area contributed by atoms with Crippen LogP contribution in [0.25, 0.3) is 16.9 Å². The Morgan fingerprint density at radius 3 is 2.48 bits per heavy atom. The number of para-hydroxylation sites is 1. The molecule has 1 aliphatic rings. The topological polar surface area (TPSA) is 29.9 Å². The third-order valence-electron chi connectivity index (χ3n) is 4.89. The van der Waals surface area contributed by atoms with Crippen molar-refractivity contribution in [2.24, 2.45) is 0 Å². The molecule has 0 amide bonds. The lowest BCUT2D eigenvalue weighted by Crippen LogP contribution is -2.14. The van der Waals surface area contributed by atoms with E-state index < -0.39 is 11.7 Å². The van der Waals surface area contributed by atoms with E-state index in [0.29, 0.717) is 5.82 Å². The number of benzene rings is 2. The molecule has 27 heavy (non-hydrogen) atoms. The average Bonchev–Trinajstić information content (AvgIpc) is 2.83. The number of anilines is 1. The Kier molecular flexibility index (Phi) is 4.42. The predicted molar refractivity (Wildman–Crippen MR) is 100 cm³/mol. The first-order chi connectivity index (χ1) is 12.9. The van der Waals surface area contributed by atoms with Crippen LogP contribution in [0.4, 0.5) is 19.0 Å². The van der Waals surface area contributed by atoms with Crippen molar-refractivity contribution >= 4 is 5.82 Å². The number of hydrogen-bond acceptors (Lipinski definition) is 2. The van der Waals surface area contributed by atoms with E-state index in [9.17, 15) is 13.2 Å². The summed E-state index contributed by atoms with van der Waals surface area (Å²) in [5.41, 5.74) is 3.14. The Morgan fingerprint density at radius 1 is 1.00 bits per heavy atom. The number of halogens is 3. The molecule has 0 spiro atoms. The van der Waals surface area contributed by atoms with Gasteiger partial charge >= 0.3 is 6.18 Å². The molecule has 3 nitrogen and oxygen atoms in total. The average molecular weight is 371 g/mol. The van der Waals surface area contributed by atoms with Gasteiger partial charge in [-0.3, -0.25) is 0 Å². The second kappa shape index (κ2) is 6.76. The zero-order valence-corrected chi connectivity index (χ0v) is 15.0. The molecule has 0 atom stereocenters. The summed E-state index contributed by atoms with van der Waals surface area (Å²) in [7, 11) is 0. The number of aryl methyl sites for hydroxylation is 1. The molecule has 2 aromatic carbocycles. The SMILES string of the molecule is Cc1ccc(-c2nn(-c3ccccc3C(F)(F)F)c3c2CCCCN3)cc1. The van der Waals surface area contributed by atoms with Gasteiger partial charge in [0, 0.05) is 17.7 Å². The molecule has 6 heteroatoms. The van der Waals surface area contributed by atoms with E-state index in [-0.39, 0.29) is 5.69 Å². The summed E-state index contributed by atoms with van der Waals surface area (Å²) in [5.74, 6) is 0.666. The molecule has 0 aliphatic carbocycles. The van der Waals surface area contributed by atoms with Crippen LogP contribution in [-0.2, 0) is 12.6 Å². The van der Waals surface area contributed by atoms with Gasteiger partial charge in [0.25, 0.3) is 0 Å². The van der Waals surface area contributed by atoms with Gasteiger partial charge in [-0.1, -0.05) is 42.0 Å². The zero-order valence-electron chi connectivity index (χ0n) is 15.0. The highest BCUT2D eigenvalue weighted by molar-refractivity contribution is 5.72. The number of nitrogens with zero attached hydrogens (tertiary/aromatic N) is 2. The highest BCUT2D eigenvalue weighted by Gasteiger charge is 2.35. The van der Waals surface area contributed by atoms with E-state index in [1.807, 2.05) is 31.2 Å². The molecule has 0 bridgehead atoms. The summed E-state index contributed by atoms with van der Waals surface area (Å²) in [6.07, 6.45) is -1.70. The maximum atomic E-state index is 13.6. The molecule has 1 N–H and O–H groups in total. The van der Waals surface area contributed by atoms with Gasteiger partial charge in [0.1, 0.15) is 5.82 Å². The fraction of sp³-hybridized carbons (Fsp3) is 0.286. The Morgan fingerprint density at radius 2 is 1.74 bits per heavy atom. The van der Waals surface area contributed by atoms with Gasteiger partial charge in [0.05, 0.1) is 16.9 Å². The van der Waals surface area contributed by atoms with Crippen LogP contribution in [0.1, 0.15) is 29.5 Å². The standard InChI is InChI=1S/C21H20F3N3/c1-14-9-11-15(12-10-14)19-16-6-4-5-13-25-20(16)27(26-19)18-8-3-2-7-17(18)21(22,23)24/h2-3,7-12,25H,4-6,13H2,1H3. The van der Waals surface area contributed by atoms with Crippen molar-refractivity contribution in [2.45, 2.75) is 32.4 Å². The van der Waals surface area contributed by atoms with E-state index in [0.717, 1.165) is 54.3 Å². The number of rotatable bonds is 2. The van der Waals surface area contributed by atoms with Crippen molar-refractivity contribution in [3.8, 4) is 16.9 Å². The van der Waals surface area contributed by atoms with E-state index >= 15 is 0 Å². The maximum absolute atomic E-state index is 13.6. The molecular formula is C21H20F3N3. The lowest BCUT2D eigenvalue weighted by molar-refractivity contribution is -0.137. The second-order valence-corrected chi connectivity index (χ2v) is 6.85. The van der Waals surface area contributed by atoms with Crippen LogP contribution in [0, 0.1) is 6.92 Å². The fourth-order valence-corrected chi connectivity index (χ4v) is 3.52. The van der Waals surface area contributed by atoms with Crippen molar-refractivity contribution in [1.82, 2.24) is 9.78 Å². The van der Waals surface area contributed by atoms with E-state index in [2.05, 4.69) is 10.4 Å². The van der Waals surface area contributed by atoms with Crippen LogP contribution in [0.5, 0.6) is 0 Å². The molecule has 0 radical (unpaired) electrons. The van der Waals surface area contributed by atoms with E-state index in [1.54, 1.807) is 6.07 Å². The molecule has 2 heterocycles. The smallest absolute Gasteiger partial charge is 0.370 e. The number of nitrogens with one attached hydrogen (secondary N) is 1. The number of fused-ring (bicyclic) bond motifs is 1. The van der Waals surface area contributed by atoms with Crippen LogP contribution in [0.15, 0.2) is 48.5 Å². The summed E-state index contributed by atoms with van der Waals surface area (Å²) in [5, 5.41) is 7.94. The number of aromatic nitrogens is 2. The second-order valence-electron chi connectivity index (χ2n) is 6.85. The molecule has 140 valence electrons. The highest BCUT2D eigenvalue weighted by atomic mass is 19.4. The normalized spacial score (nSPS) is 14.4. The Balaban J connectivity index is 1.94. The van der Waals surface area contributed by atoms with Gasteiger partial charge in [0.2, 0.25) is 0 Å². The largest absolute Gasteiger partial charge is 0.418 e. The monoisotopic (exact) mass is 371 g/mol. The lowest BCUT2D eigenvalue weighted by atomic mass is 10.0. The van der Waals surface area contributed by atoms with Crippen molar-refractivity contribution in [3.05, 3.63) is 65.2 Å². The third kappa shape index (κ3) is 3.31. The summed E-state index contributed by atoms with van der Waals surface area (Å²) in [6.45, 7) is 2.73. The van der Waals surface area contributed by atoms with Crippen molar-refractivity contribution in [1.29, 1.82) is 0 Å². The van der Waals surface area contributed by atoms with Crippen molar-refractivity contribution in [2.75, 3.05) is 11.9 Å². The summed E-state index contributed by atoms with van der Waals surface area (Å²) in [6, 6.07) is 13.5. The molecular weight excluding hydrogens is 351 g/mol. The molecule has 3 aromatic rings. The van der Waals surface area contributed by atoms with Gasteiger partial charge in [0.15, 0.2) is 0 Å². The molecule has 1 aliphatic heterocycles. The predicted octanol–water partition coefficient (Wildman–Crippen LogP) is 5.61. The first kappa shape index (κ1) is 17.6. The Hall–Kier alpha value is -2.76. The molecule has 0 unspecified atom stereocenters. The molecule has 0 saturated carbocycles. The first-order valence-corrected chi connectivity index (χ1v) is 9.04. The fourth-order valence-electron chi connectivity index (χ4n) is 3.52. The van der Waals surface area contributed by atoms with Crippen LogP contribution in [0.2, 0.25) is 0 Å². The van der Waals surface area contributed by atoms with Gasteiger partial charge in [-0.05, 0) is 38.3 Å². The third-order valence-corrected chi connectivity index (χ3v) is 4.89. The Labute approximate surface area is 155 Å². The highest BCUT2D eigenvalue weighted by Crippen LogP contribution is 2.38. The van der Waals surface area contributed by atoms with Gasteiger partial charge in [-0.25, -0.2) is 4.68 Å². The van der Waals surface area contributed by atoms with E-state index in [4.69, 9.17) is 0 Å². The van der Waals surface area contributed by atoms with Gasteiger partial charge in [-0.15, -0.1) is 0 Å². The molecule has 4 rings (SSSR count). The minimum atomic E-state index is -4.44. The summed E-state index contributed by atoms with van der Waals surface area (Å²) in [4.78, 5) is 0. The lowest BCUT2D eigenvalue weighted by Gasteiger charge is -2.15. The Bertz CT molecular complexity index is 956. The van der Waals surface area contributed by atoms with Gasteiger partial charge in [-0.2, -0.15) is 18.3 Å². The van der Waals surface area contributed by atoms with Gasteiger partial charge < -0.3 is 5.32 Å². The molecule has 0 saturated heterocycles. The summed E-state index contributed by atoms with van der Waals surface area (Å²) < 4.78 is 42.1. The van der Waals surface area contributed by atoms with E-state index in [1.165, 1.54) is 16.8 Å². The van der Waals surface area contributed by atoms with Crippen LogP contribution >= 0.6 is 0 Å². The minimum Gasteiger partial charge on any atom is -0.370 e. The van der Waals surface area contributed by atoms with Crippen molar-refractivity contribution < 1.29 is 13.2 Å². The zero-order chi connectivity index (χ0) is 19.0. The molecule has 0 fully saturated rings. The summed E-state index contributed by atoms with van der Waals surface area (Å²) >= 11 is 0. The van der Waals surface area contributed by atoms with Crippen LogP contribution in [-0.4, -0.2) is 16.3 Å². The molecule has 1 aromatic heterocycles. The number of alkyl halides is 3. The quantitative estimate of drug-likeness (QED) is 0.634.